The van der Waals surface area contributed by atoms with Crippen LogP contribution in [0.2, 0.25) is 13.1 Å². The first-order valence-electron chi connectivity index (χ1n) is 4.59. The average molecular weight is 193 g/mol. The molecule has 0 amide bonds. The lowest BCUT2D eigenvalue weighted by Gasteiger charge is -2.22. The summed E-state index contributed by atoms with van der Waals surface area (Å²) < 4.78 is 5.40. The van der Waals surface area contributed by atoms with E-state index in [0.717, 1.165) is 6.23 Å². The Morgan fingerprint density at radius 1 is 1.23 bits per heavy atom. The molecule has 0 heterocycles. The predicted octanol–water partition coefficient (Wildman–Crippen LogP) is 1.99. The summed E-state index contributed by atoms with van der Waals surface area (Å²) >= 11 is 0. The van der Waals surface area contributed by atoms with Crippen molar-refractivity contribution in [3.63, 3.8) is 0 Å². The largest absolute Gasteiger partial charge is 0.384 e. The van der Waals surface area contributed by atoms with Gasteiger partial charge in [-0.05, 0) is 6.92 Å². The van der Waals surface area contributed by atoms with E-state index in [9.17, 15) is 0 Å². The third-order valence-electron chi connectivity index (χ3n) is 2.16. The van der Waals surface area contributed by atoms with E-state index in [4.69, 9.17) is 4.74 Å². The van der Waals surface area contributed by atoms with Gasteiger partial charge >= 0.3 is 0 Å². The fourth-order valence-corrected chi connectivity index (χ4v) is 3.22. The molecule has 0 aliphatic rings. The summed E-state index contributed by atoms with van der Waals surface area (Å²) in [4.78, 5) is 0. The van der Waals surface area contributed by atoms with Crippen LogP contribution in [-0.4, -0.2) is 20.9 Å². The second-order valence-electron chi connectivity index (χ2n) is 3.80. The first kappa shape index (κ1) is 10.5. The molecule has 1 radical (unpaired) electrons. The SMILES string of the molecule is [CH2]COC[Si](C)(C)c1ccccc1. The van der Waals surface area contributed by atoms with Gasteiger partial charge in [0.2, 0.25) is 0 Å². The molecular weight excluding hydrogens is 176 g/mol. The maximum Gasteiger partial charge on any atom is 0.109 e. The molecular formula is C11H17OSi. The maximum atomic E-state index is 5.40. The van der Waals surface area contributed by atoms with Gasteiger partial charge in [-0.1, -0.05) is 48.6 Å². The molecule has 1 aromatic carbocycles. The van der Waals surface area contributed by atoms with Gasteiger partial charge < -0.3 is 4.74 Å². The van der Waals surface area contributed by atoms with Crippen LogP contribution in [0, 0.1) is 6.92 Å². The van der Waals surface area contributed by atoms with E-state index in [0.29, 0.717) is 6.61 Å². The lowest BCUT2D eigenvalue weighted by molar-refractivity contribution is 0.205. The van der Waals surface area contributed by atoms with Gasteiger partial charge in [-0.15, -0.1) is 0 Å². The van der Waals surface area contributed by atoms with E-state index >= 15 is 0 Å². The first-order valence-corrected chi connectivity index (χ1v) is 7.80. The van der Waals surface area contributed by atoms with Crippen molar-refractivity contribution < 1.29 is 4.74 Å². The number of hydrogen-bond donors (Lipinski definition) is 0. The van der Waals surface area contributed by atoms with Gasteiger partial charge in [0.15, 0.2) is 0 Å². The Labute approximate surface area is 81.8 Å². The summed E-state index contributed by atoms with van der Waals surface area (Å²) in [6, 6.07) is 10.6. The van der Waals surface area contributed by atoms with Crippen molar-refractivity contribution in [3.05, 3.63) is 37.3 Å². The quantitative estimate of drug-likeness (QED) is 0.665. The van der Waals surface area contributed by atoms with E-state index in [2.05, 4.69) is 50.3 Å². The van der Waals surface area contributed by atoms with Crippen molar-refractivity contribution in [3.8, 4) is 0 Å². The highest BCUT2D eigenvalue weighted by molar-refractivity contribution is 6.89. The Bertz CT molecular complexity index is 244. The molecule has 0 aliphatic carbocycles. The minimum Gasteiger partial charge on any atom is -0.384 e. The van der Waals surface area contributed by atoms with Crippen molar-refractivity contribution in [1.82, 2.24) is 0 Å². The lowest BCUT2D eigenvalue weighted by Crippen LogP contribution is -2.46. The molecule has 0 aliphatic heterocycles. The number of hydrogen-bond acceptors (Lipinski definition) is 1. The summed E-state index contributed by atoms with van der Waals surface area (Å²) in [7, 11) is -1.36. The lowest BCUT2D eigenvalue weighted by atomic mass is 10.4. The zero-order valence-electron chi connectivity index (χ0n) is 8.42. The summed E-state index contributed by atoms with van der Waals surface area (Å²) in [5, 5.41) is 1.45. The molecule has 1 aromatic rings. The Balaban J connectivity index is 2.69. The van der Waals surface area contributed by atoms with E-state index in [1.54, 1.807) is 0 Å². The van der Waals surface area contributed by atoms with Crippen molar-refractivity contribution in [2.45, 2.75) is 13.1 Å². The normalized spacial score (nSPS) is 11.6. The Morgan fingerprint density at radius 3 is 2.38 bits per heavy atom. The van der Waals surface area contributed by atoms with Crippen LogP contribution in [-0.2, 0) is 4.74 Å². The maximum absolute atomic E-state index is 5.40. The van der Waals surface area contributed by atoms with E-state index in [-0.39, 0.29) is 0 Å². The van der Waals surface area contributed by atoms with Crippen LogP contribution < -0.4 is 5.19 Å². The second kappa shape index (κ2) is 4.58. The van der Waals surface area contributed by atoms with Crippen LogP contribution >= 0.6 is 0 Å². The van der Waals surface area contributed by atoms with Gasteiger partial charge in [0.05, 0.1) is 0 Å². The van der Waals surface area contributed by atoms with E-state index < -0.39 is 8.07 Å². The molecule has 0 aromatic heterocycles. The molecule has 0 N–H and O–H groups in total. The molecule has 13 heavy (non-hydrogen) atoms. The molecule has 0 atom stereocenters. The summed E-state index contributed by atoms with van der Waals surface area (Å²) in [6.45, 7) is 8.89. The van der Waals surface area contributed by atoms with Crippen LogP contribution in [0.25, 0.3) is 0 Å². The van der Waals surface area contributed by atoms with Crippen LogP contribution in [0.3, 0.4) is 0 Å². The standard InChI is InChI=1S/C11H17OSi/c1-4-12-10-13(2,3)11-8-6-5-7-9-11/h5-9H,1,4,10H2,2-3H3. The van der Waals surface area contributed by atoms with Crippen LogP contribution in [0.15, 0.2) is 30.3 Å². The third-order valence-corrected chi connectivity index (χ3v) is 4.98. The first-order chi connectivity index (χ1) is 6.17. The Hall–Kier alpha value is -0.603. The fraction of sp³-hybridized carbons (Fsp3) is 0.364. The molecule has 0 saturated carbocycles. The van der Waals surface area contributed by atoms with Crippen molar-refractivity contribution in [2.24, 2.45) is 0 Å². The average Bonchev–Trinajstić information content (AvgIpc) is 2.16. The van der Waals surface area contributed by atoms with Crippen molar-refractivity contribution in [1.29, 1.82) is 0 Å². The molecule has 0 fully saturated rings. The van der Waals surface area contributed by atoms with Gasteiger partial charge in [0.25, 0.3) is 0 Å². The topological polar surface area (TPSA) is 9.23 Å². The molecule has 0 bridgehead atoms. The van der Waals surface area contributed by atoms with E-state index in [1.165, 1.54) is 5.19 Å². The highest BCUT2D eigenvalue weighted by atomic mass is 28.3. The van der Waals surface area contributed by atoms with Gasteiger partial charge in [0, 0.05) is 12.8 Å². The zero-order chi connectivity index (χ0) is 9.73. The monoisotopic (exact) mass is 193 g/mol. The molecule has 1 rings (SSSR count). The van der Waals surface area contributed by atoms with Crippen molar-refractivity contribution in [2.75, 3.05) is 12.8 Å². The Kier molecular flexibility index (Phi) is 3.69. The zero-order valence-corrected chi connectivity index (χ0v) is 9.42. The fourth-order valence-electron chi connectivity index (χ4n) is 1.30. The van der Waals surface area contributed by atoms with Gasteiger partial charge in [-0.3, -0.25) is 0 Å². The smallest absolute Gasteiger partial charge is 0.109 e. The minimum atomic E-state index is -1.36. The molecule has 0 saturated heterocycles. The summed E-state index contributed by atoms with van der Waals surface area (Å²) in [5.74, 6) is 0. The summed E-state index contributed by atoms with van der Waals surface area (Å²) in [5.41, 5.74) is 0. The van der Waals surface area contributed by atoms with Crippen LogP contribution in [0.1, 0.15) is 0 Å². The number of ether oxygens (including phenoxy) is 1. The second-order valence-corrected chi connectivity index (χ2v) is 8.44. The number of benzene rings is 1. The molecule has 0 unspecified atom stereocenters. The molecule has 1 nitrogen and oxygen atoms in total. The Morgan fingerprint density at radius 2 is 1.85 bits per heavy atom. The molecule has 2 heteroatoms. The number of rotatable bonds is 4. The highest BCUT2D eigenvalue weighted by Gasteiger charge is 2.22. The highest BCUT2D eigenvalue weighted by Crippen LogP contribution is 2.03. The van der Waals surface area contributed by atoms with Crippen LogP contribution in [0.4, 0.5) is 0 Å². The van der Waals surface area contributed by atoms with Crippen LogP contribution in [0.5, 0.6) is 0 Å². The molecule has 71 valence electrons. The van der Waals surface area contributed by atoms with Gasteiger partial charge in [-0.2, -0.15) is 0 Å². The predicted molar refractivity (Wildman–Crippen MR) is 59.7 cm³/mol. The summed E-state index contributed by atoms with van der Waals surface area (Å²) in [6.07, 6.45) is 0.862. The molecule has 0 spiro atoms. The third kappa shape index (κ3) is 2.97. The minimum absolute atomic E-state index is 0.573. The van der Waals surface area contributed by atoms with Gasteiger partial charge in [0.1, 0.15) is 8.07 Å². The van der Waals surface area contributed by atoms with Crippen molar-refractivity contribution >= 4 is 13.3 Å². The van der Waals surface area contributed by atoms with E-state index in [1.807, 2.05) is 0 Å². The van der Waals surface area contributed by atoms with Gasteiger partial charge in [-0.25, -0.2) is 0 Å².